The molecule has 2 aromatic carbocycles. The lowest BCUT2D eigenvalue weighted by Crippen LogP contribution is -2.64. The number of unbranched alkanes of at least 4 members (excludes halogenated alkanes) is 1. The molecule has 1 fully saturated rings. The molecule has 146 valence electrons. The van der Waals surface area contributed by atoms with Crippen LogP contribution in [0.25, 0.3) is 10.8 Å². The van der Waals surface area contributed by atoms with E-state index in [1.165, 1.54) is 0 Å². The molecule has 0 spiro atoms. The summed E-state index contributed by atoms with van der Waals surface area (Å²) in [6, 6.07) is 14.5. The second-order valence-electron chi connectivity index (χ2n) is 8.04. The Morgan fingerprint density at radius 3 is 2.86 bits per heavy atom. The molecule has 4 rings (SSSR count). The number of fused-ring (bicyclic) bond motifs is 1. The number of aromatic nitrogens is 2. The van der Waals surface area contributed by atoms with Gasteiger partial charge in [-0.25, -0.2) is 9.78 Å². The Bertz CT molecular complexity index is 947. The minimum Gasteiger partial charge on any atom is -0.331 e. The van der Waals surface area contributed by atoms with Gasteiger partial charge < -0.3 is 9.88 Å². The Morgan fingerprint density at radius 2 is 2.07 bits per heavy atom. The number of H-pyrrole nitrogens is 1. The molecule has 0 bridgehead atoms. The summed E-state index contributed by atoms with van der Waals surface area (Å²) >= 11 is 0. The molecule has 1 aliphatic heterocycles. The Labute approximate surface area is 166 Å². The Morgan fingerprint density at radius 1 is 1.25 bits per heavy atom. The van der Waals surface area contributed by atoms with E-state index in [1.54, 1.807) is 6.20 Å². The Balaban J connectivity index is 1.64. The molecule has 5 nitrogen and oxygen atoms in total. The van der Waals surface area contributed by atoms with Crippen LogP contribution in [0.3, 0.4) is 0 Å². The normalized spacial score (nSPS) is 22.5. The zero-order valence-electron chi connectivity index (χ0n) is 16.8. The molecular formula is C23H29N4O+. The van der Waals surface area contributed by atoms with E-state index in [-0.39, 0.29) is 5.91 Å². The van der Waals surface area contributed by atoms with E-state index in [0.29, 0.717) is 10.5 Å². The summed E-state index contributed by atoms with van der Waals surface area (Å²) in [4.78, 5) is 23.7. The second kappa shape index (κ2) is 7.76. The van der Waals surface area contributed by atoms with E-state index < -0.39 is 0 Å². The average Bonchev–Trinajstić information content (AvgIpc) is 3.26. The van der Waals surface area contributed by atoms with Gasteiger partial charge >= 0.3 is 5.91 Å². The van der Waals surface area contributed by atoms with Crippen LogP contribution >= 0.6 is 0 Å². The van der Waals surface area contributed by atoms with Crippen LogP contribution in [0, 0.1) is 0 Å². The highest BCUT2D eigenvalue weighted by atomic mass is 16.2. The number of nitrogens with one attached hydrogen (secondary N) is 1. The SMILES string of the molecule is CCCC[C@@H]1C[N@+](C)(C(=O)c2cccc3ccccc23)CCN1c1ncc[nH]1. The van der Waals surface area contributed by atoms with Crippen LogP contribution in [0.2, 0.25) is 0 Å². The maximum absolute atomic E-state index is 13.7. The number of benzene rings is 2. The monoisotopic (exact) mass is 377 g/mol. The molecule has 1 saturated heterocycles. The lowest BCUT2D eigenvalue weighted by Gasteiger charge is -2.45. The summed E-state index contributed by atoms with van der Waals surface area (Å²) in [5, 5.41) is 2.17. The van der Waals surface area contributed by atoms with Crippen LogP contribution in [-0.2, 0) is 0 Å². The fraction of sp³-hybridized carbons (Fsp3) is 0.391. The first kappa shape index (κ1) is 18.7. The number of amides is 1. The number of carbonyl (C=O) groups excluding carboxylic acids is 1. The number of anilines is 1. The van der Waals surface area contributed by atoms with Crippen LogP contribution in [0.5, 0.6) is 0 Å². The second-order valence-corrected chi connectivity index (χ2v) is 8.04. The maximum atomic E-state index is 13.7. The first-order valence-electron chi connectivity index (χ1n) is 10.3. The smallest absolute Gasteiger partial charge is 0.331 e. The molecule has 0 aliphatic carbocycles. The number of imidazole rings is 1. The molecule has 28 heavy (non-hydrogen) atoms. The summed E-state index contributed by atoms with van der Waals surface area (Å²) < 4.78 is 0.444. The quantitative estimate of drug-likeness (QED) is 0.677. The Kier molecular flexibility index (Phi) is 5.18. The van der Waals surface area contributed by atoms with Crippen LogP contribution in [-0.4, -0.2) is 53.1 Å². The Hall–Kier alpha value is -2.66. The van der Waals surface area contributed by atoms with Crippen LogP contribution < -0.4 is 4.90 Å². The van der Waals surface area contributed by atoms with Gasteiger partial charge in [0.2, 0.25) is 5.95 Å². The van der Waals surface area contributed by atoms with E-state index in [4.69, 9.17) is 0 Å². The molecule has 5 heteroatoms. The van der Waals surface area contributed by atoms with E-state index >= 15 is 0 Å². The largest absolute Gasteiger partial charge is 0.346 e. The summed E-state index contributed by atoms with van der Waals surface area (Å²) in [5.41, 5.74) is 0.835. The molecule has 0 radical (unpaired) electrons. The summed E-state index contributed by atoms with van der Waals surface area (Å²) in [6.45, 7) is 4.64. The van der Waals surface area contributed by atoms with Crippen molar-refractivity contribution in [3.63, 3.8) is 0 Å². The minimum absolute atomic E-state index is 0.220. The third-order valence-electron chi connectivity index (χ3n) is 6.05. The van der Waals surface area contributed by atoms with Crippen molar-refractivity contribution < 1.29 is 9.28 Å². The average molecular weight is 378 g/mol. The summed E-state index contributed by atoms with van der Waals surface area (Å²) in [7, 11) is 2.10. The van der Waals surface area contributed by atoms with Crippen molar-refractivity contribution in [1.29, 1.82) is 0 Å². The number of rotatable bonds is 5. The van der Waals surface area contributed by atoms with E-state index in [0.717, 1.165) is 61.2 Å². The molecular weight excluding hydrogens is 348 g/mol. The first-order chi connectivity index (χ1) is 13.6. The third-order valence-corrected chi connectivity index (χ3v) is 6.05. The lowest BCUT2D eigenvalue weighted by atomic mass is 9.99. The molecule has 2 atom stereocenters. The van der Waals surface area contributed by atoms with Crippen molar-refractivity contribution in [1.82, 2.24) is 9.97 Å². The van der Waals surface area contributed by atoms with Gasteiger partial charge in [-0.3, -0.25) is 4.48 Å². The number of aromatic amines is 1. The van der Waals surface area contributed by atoms with Crippen molar-refractivity contribution in [2.75, 3.05) is 31.6 Å². The van der Waals surface area contributed by atoms with Gasteiger partial charge in [0.15, 0.2) is 0 Å². The fourth-order valence-electron chi connectivity index (χ4n) is 4.43. The van der Waals surface area contributed by atoms with Crippen molar-refractivity contribution in [3.05, 3.63) is 60.4 Å². The number of piperazine rings is 1. The predicted octanol–water partition coefficient (Wildman–Crippen LogP) is 4.23. The molecule has 2 heterocycles. The van der Waals surface area contributed by atoms with Gasteiger partial charge in [-0.05, 0) is 23.3 Å². The van der Waals surface area contributed by atoms with Gasteiger partial charge in [-0.1, -0.05) is 56.2 Å². The molecule has 1 N–H and O–H groups in total. The van der Waals surface area contributed by atoms with Crippen LogP contribution in [0.1, 0.15) is 36.5 Å². The number of likely N-dealkylation sites (N-methyl/N-ethyl adjacent to an activating group) is 1. The van der Waals surface area contributed by atoms with E-state index in [2.05, 4.69) is 47.0 Å². The predicted molar refractivity (Wildman–Crippen MR) is 113 cm³/mol. The number of quaternary nitrogens is 1. The zero-order chi connectivity index (χ0) is 19.6. The van der Waals surface area contributed by atoms with Gasteiger partial charge in [0, 0.05) is 12.4 Å². The lowest BCUT2D eigenvalue weighted by molar-refractivity contribution is -0.832. The number of carbonyl (C=O) groups is 1. The van der Waals surface area contributed by atoms with Crippen LogP contribution in [0.4, 0.5) is 5.95 Å². The third kappa shape index (κ3) is 3.42. The van der Waals surface area contributed by atoms with Crippen molar-refractivity contribution >= 4 is 22.6 Å². The first-order valence-corrected chi connectivity index (χ1v) is 10.3. The fourth-order valence-corrected chi connectivity index (χ4v) is 4.43. The maximum Gasteiger partial charge on any atom is 0.346 e. The molecule has 0 unspecified atom stereocenters. The molecule has 0 saturated carbocycles. The highest BCUT2D eigenvalue weighted by Gasteiger charge is 2.42. The number of nitrogens with zero attached hydrogens (tertiary/aromatic N) is 3. The van der Waals surface area contributed by atoms with Gasteiger partial charge in [0.05, 0.1) is 25.2 Å². The topological polar surface area (TPSA) is 49.0 Å². The molecule has 1 amide bonds. The standard InChI is InChI=1S/C23H29N4O/c1-3-4-10-19-17-27(2,16-15-26(19)23-24-13-14-25-23)22(28)21-12-7-9-18-8-5-6-11-20(18)21/h5-9,11-14,19H,3-4,10,15-17H2,1-2H3,(H,24,25)/q+1/t19-,27-/m1/s1. The van der Waals surface area contributed by atoms with Crippen molar-refractivity contribution in [2.45, 2.75) is 32.2 Å². The van der Waals surface area contributed by atoms with Gasteiger partial charge in [0.1, 0.15) is 13.1 Å². The van der Waals surface area contributed by atoms with E-state index in [1.807, 2.05) is 30.5 Å². The summed E-state index contributed by atoms with van der Waals surface area (Å²) in [6.07, 6.45) is 7.06. The van der Waals surface area contributed by atoms with Gasteiger partial charge in [-0.15, -0.1) is 0 Å². The zero-order valence-corrected chi connectivity index (χ0v) is 16.8. The van der Waals surface area contributed by atoms with E-state index in [9.17, 15) is 4.79 Å². The van der Waals surface area contributed by atoms with Gasteiger partial charge in [-0.2, -0.15) is 0 Å². The highest BCUT2D eigenvalue weighted by Crippen LogP contribution is 2.28. The molecule has 1 aliphatic rings. The molecule has 1 aromatic heterocycles. The van der Waals surface area contributed by atoms with Crippen molar-refractivity contribution in [3.8, 4) is 0 Å². The van der Waals surface area contributed by atoms with Gasteiger partial charge in [0.25, 0.3) is 0 Å². The number of hydrogen-bond acceptors (Lipinski definition) is 3. The minimum atomic E-state index is 0.220. The highest BCUT2D eigenvalue weighted by molar-refractivity contribution is 6.04. The van der Waals surface area contributed by atoms with Crippen molar-refractivity contribution in [2.24, 2.45) is 0 Å². The van der Waals surface area contributed by atoms with Crippen LogP contribution in [0.15, 0.2) is 54.9 Å². The molecule has 3 aromatic rings. The number of hydrogen-bond donors (Lipinski definition) is 1. The summed E-state index contributed by atoms with van der Waals surface area (Å²) in [5.74, 6) is 1.14.